The molecule has 0 aromatic heterocycles. The maximum atomic E-state index is 13.1. The van der Waals surface area contributed by atoms with E-state index >= 15 is 0 Å². The molecule has 0 amide bonds. The first kappa shape index (κ1) is 90.1. The van der Waals surface area contributed by atoms with Crippen LogP contribution in [0.3, 0.4) is 0 Å². The SMILES string of the molecule is CCCCCCCCCCCCCC(=O)O[C@H](COC(=O)CCCCCCCCC(C)C)COP(=O)(O)OC[C@H](O)COP(=O)(O)OC[C@@H](COC(=O)CCCCCCCCCCCCC(C)CC)OC(=O)CCCCCCCCCCCCCCCCC(C)CC. The third-order valence-electron chi connectivity index (χ3n) is 17.6. The van der Waals surface area contributed by atoms with Gasteiger partial charge in [0.1, 0.15) is 19.3 Å². The number of aliphatic hydroxyl groups excluding tert-OH is 1. The van der Waals surface area contributed by atoms with E-state index in [9.17, 15) is 43.2 Å². The van der Waals surface area contributed by atoms with Crippen molar-refractivity contribution in [2.24, 2.45) is 17.8 Å². The lowest BCUT2D eigenvalue weighted by atomic mass is 9.99. The minimum Gasteiger partial charge on any atom is -0.462 e. The van der Waals surface area contributed by atoms with Crippen molar-refractivity contribution in [2.75, 3.05) is 39.6 Å². The number of aliphatic hydroxyl groups is 1. The number of phosphoric ester groups is 2. The summed E-state index contributed by atoms with van der Waals surface area (Å²) in [5.74, 6) is 0.212. The quantitative estimate of drug-likeness (QED) is 0.0222. The number of rotatable bonds is 71. The Morgan fingerprint density at radius 1 is 0.315 bits per heavy atom. The highest BCUT2D eigenvalue weighted by molar-refractivity contribution is 7.47. The van der Waals surface area contributed by atoms with E-state index in [-0.39, 0.29) is 25.7 Å². The van der Waals surface area contributed by atoms with Crippen molar-refractivity contribution in [3.05, 3.63) is 0 Å². The van der Waals surface area contributed by atoms with Gasteiger partial charge in [-0.25, -0.2) is 9.13 Å². The lowest BCUT2D eigenvalue weighted by Crippen LogP contribution is -2.30. The molecule has 0 bridgehead atoms. The Labute approximate surface area is 562 Å². The minimum absolute atomic E-state index is 0.106. The molecule has 0 heterocycles. The van der Waals surface area contributed by atoms with Gasteiger partial charge in [0.15, 0.2) is 12.2 Å². The molecule has 0 aliphatic heterocycles. The third-order valence-corrected chi connectivity index (χ3v) is 19.5. The Morgan fingerprint density at radius 2 is 0.554 bits per heavy atom. The first-order valence-electron chi connectivity index (χ1n) is 37.9. The molecule has 19 heteroatoms. The molecule has 0 rings (SSSR count). The summed E-state index contributed by atoms with van der Waals surface area (Å²) in [5.41, 5.74) is 0. The predicted octanol–water partition coefficient (Wildman–Crippen LogP) is 21.0. The molecule has 4 unspecified atom stereocenters. The highest BCUT2D eigenvalue weighted by Crippen LogP contribution is 2.45. The molecule has 0 spiro atoms. The van der Waals surface area contributed by atoms with Crippen LogP contribution in [0.15, 0.2) is 0 Å². The average molecular weight is 1350 g/mol. The summed E-state index contributed by atoms with van der Waals surface area (Å²) < 4.78 is 68.4. The number of ether oxygens (including phenoxy) is 4. The Morgan fingerprint density at radius 3 is 0.826 bits per heavy atom. The molecule has 92 heavy (non-hydrogen) atoms. The topological polar surface area (TPSA) is 237 Å². The fraction of sp³-hybridized carbons (Fsp3) is 0.945. The van der Waals surface area contributed by atoms with Crippen molar-refractivity contribution in [3.8, 4) is 0 Å². The molecule has 7 atom stereocenters. The molecule has 0 aliphatic rings. The number of esters is 4. The summed E-state index contributed by atoms with van der Waals surface area (Å²) in [6.07, 6.45) is 48.5. The number of phosphoric acid groups is 2. The lowest BCUT2D eigenvalue weighted by molar-refractivity contribution is -0.161. The van der Waals surface area contributed by atoms with E-state index in [0.717, 1.165) is 108 Å². The molecule has 0 aromatic rings. The molecule has 0 aromatic carbocycles. The monoisotopic (exact) mass is 1350 g/mol. The van der Waals surface area contributed by atoms with Crippen LogP contribution in [-0.2, 0) is 65.4 Å². The fourth-order valence-electron chi connectivity index (χ4n) is 11.0. The van der Waals surface area contributed by atoms with Gasteiger partial charge in [0.2, 0.25) is 0 Å². The zero-order chi connectivity index (χ0) is 68.0. The summed E-state index contributed by atoms with van der Waals surface area (Å²) in [4.78, 5) is 72.6. The number of carbonyl (C=O) groups is 4. The molecular weight excluding hydrogens is 1210 g/mol. The Bertz CT molecular complexity index is 1810. The maximum absolute atomic E-state index is 13.1. The van der Waals surface area contributed by atoms with E-state index in [2.05, 4.69) is 48.5 Å². The van der Waals surface area contributed by atoms with Crippen molar-refractivity contribution in [3.63, 3.8) is 0 Å². The van der Waals surface area contributed by atoms with Crippen LogP contribution >= 0.6 is 15.6 Å². The smallest absolute Gasteiger partial charge is 0.462 e. The lowest BCUT2D eigenvalue weighted by Gasteiger charge is -2.21. The second kappa shape index (κ2) is 63.8. The van der Waals surface area contributed by atoms with Gasteiger partial charge in [0.25, 0.3) is 0 Å². The van der Waals surface area contributed by atoms with Crippen LogP contribution in [0.1, 0.15) is 370 Å². The van der Waals surface area contributed by atoms with Gasteiger partial charge in [-0.05, 0) is 43.4 Å². The number of carbonyl (C=O) groups excluding carboxylic acids is 4. The van der Waals surface area contributed by atoms with Gasteiger partial charge in [-0.1, -0.05) is 318 Å². The van der Waals surface area contributed by atoms with E-state index in [0.29, 0.717) is 31.6 Å². The zero-order valence-corrected chi connectivity index (χ0v) is 61.8. The molecule has 17 nitrogen and oxygen atoms in total. The largest absolute Gasteiger partial charge is 0.472 e. The van der Waals surface area contributed by atoms with Gasteiger partial charge in [0, 0.05) is 25.7 Å². The number of hydrogen-bond donors (Lipinski definition) is 3. The second-order valence-electron chi connectivity index (χ2n) is 27.3. The van der Waals surface area contributed by atoms with Crippen LogP contribution in [0.2, 0.25) is 0 Å². The first-order valence-corrected chi connectivity index (χ1v) is 40.9. The highest BCUT2D eigenvalue weighted by atomic mass is 31.2. The average Bonchev–Trinajstić information content (AvgIpc) is 2.90. The van der Waals surface area contributed by atoms with Crippen molar-refractivity contribution in [1.29, 1.82) is 0 Å². The molecule has 0 saturated carbocycles. The maximum Gasteiger partial charge on any atom is 0.472 e. The Hall–Kier alpha value is -1.94. The predicted molar refractivity (Wildman–Crippen MR) is 372 cm³/mol. The van der Waals surface area contributed by atoms with E-state index < -0.39 is 97.5 Å². The van der Waals surface area contributed by atoms with Gasteiger partial charge < -0.3 is 33.8 Å². The summed E-state index contributed by atoms with van der Waals surface area (Å²) in [6, 6.07) is 0. The van der Waals surface area contributed by atoms with Crippen molar-refractivity contribution < 1.29 is 80.2 Å². The van der Waals surface area contributed by atoms with E-state index in [1.807, 2.05) is 0 Å². The molecular formula is C73H142O17P2. The minimum atomic E-state index is -4.96. The third kappa shape index (κ3) is 64.1. The van der Waals surface area contributed by atoms with Crippen molar-refractivity contribution in [1.82, 2.24) is 0 Å². The van der Waals surface area contributed by atoms with Crippen LogP contribution in [0.4, 0.5) is 0 Å². The fourth-order valence-corrected chi connectivity index (χ4v) is 12.6. The highest BCUT2D eigenvalue weighted by Gasteiger charge is 2.30. The first-order chi connectivity index (χ1) is 44.3. The van der Waals surface area contributed by atoms with Crippen LogP contribution in [0.5, 0.6) is 0 Å². The number of unbranched alkanes of at least 4 members (excludes halogenated alkanes) is 37. The molecule has 3 N–H and O–H groups in total. The normalized spacial score (nSPS) is 14.7. The van der Waals surface area contributed by atoms with E-state index in [1.165, 1.54) is 173 Å². The molecule has 546 valence electrons. The van der Waals surface area contributed by atoms with Crippen molar-refractivity contribution in [2.45, 2.75) is 388 Å². The van der Waals surface area contributed by atoms with Gasteiger partial charge in [0.05, 0.1) is 26.4 Å². The second-order valence-corrected chi connectivity index (χ2v) is 30.2. The Kier molecular flexibility index (Phi) is 62.4. The van der Waals surface area contributed by atoms with Crippen LogP contribution in [-0.4, -0.2) is 96.7 Å². The van der Waals surface area contributed by atoms with Gasteiger partial charge in [-0.2, -0.15) is 0 Å². The van der Waals surface area contributed by atoms with E-state index in [4.69, 9.17) is 37.0 Å². The van der Waals surface area contributed by atoms with E-state index in [1.54, 1.807) is 0 Å². The summed E-state index contributed by atoms with van der Waals surface area (Å²) in [7, 11) is -9.90. The van der Waals surface area contributed by atoms with Crippen molar-refractivity contribution >= 4 is 39.5 Å². The molecule has 0 fully saturated rings. The van der Waals surface area contributed by atoms with Crippen LogP contribution in [0, 0.1) is 17.8 Å². The van der Waals surface area contributed by atoms with Crippen LogP contribution < -0.4 is 0 Å². The summed E-state index contributed by atoms with van der Waals surface area (Å²) >= 11 is 0. The number of hydrogen-bond acceptors (Lipinski definition) is 15. The standard InChI is InChI=1S/C73H142O17P2/c1-8-11-12-13-14-15-20-28-33-42-49-56-72(77)90-69(61-84-71(76)55-48-41-36-35-37-44-51-64(4)5)63-88-92(81,82)86-59-67(74)58-85-91(79,80)87-62-68(60-83-70(75)54-47-40-32-27-24-23-26-31-39-46-53-66(7)10-3)89-73(78)57-50-43-34-29-22-19-17-16-18-21-25-30-38-45-52-65(6)9-2/h64-69,74H,8-63H2,1-7H3,(H,79,80)(H,81,82)/t65?,66?,67-,68-,69-/m1/s1. The zero-order valence-electron chi connectivity index (χ0n) is 60.0. The van der Waals surface area contributed by atoms with Gasteiger partial charge in [-0.3, -0.25) is 37.3 Å². The van der Waals surface area contributed by atoms with Gasteiger partial charge in [-0.15, -0.1) is 0 Å². The Balaban J connectivity index is 5.24. The molecule has 0 saturated heterocycles. The molecule has 0 aliphatic carbocycles. The summed E-state index contributed by atoms with van der Waals surface area (Å²) in [6.45, 7) is 11.9. The van der Waals surface area contributed by atoms with Crippen LogP contribution in [0.25, 0.3) is 0 Å². The van der Waals surface area contributed by atoms with Gasteiger partial charge >= 0.3 is 39.5 Å². The molecule has 0 radical (unpaired) electrons. The summed E-state index contributed by atoms with van der Waals surface area (Å²) in [5, 5.41) is 10.6.